The van der Waals surface area contributed by atoms with Gasteiger partial charge in [0.1, 0.15) is 11.8 Å². The van der Waals surface area contributed by atoms with Gasteiger partial charge in [-0.3, -0.25) is 9.59 Å². The number of carboxylic acid groups (broad SMARTS) is 1. The summed E-state index contributed by atoms with van der Waals surface area (Å²) in [6.45, 7) is 2.38. The van der Waals surface area contributed by atoms with Crippen molar-refractivity contribution in [3.05, 3.63) is 30.3 Å². The average molecular weight is 406 g/mol. The number of hydrogen-bond donors (Lipinski definition) is 2. The van der Waals surface area contributed by atoms with Crippen LogP contribution in [0.2, 0.25) is 0 Å². The fourth-order valence-electron chi connectivity index (χ4n) is 3.52. The summed E-state index contributed by atoms with van der Waals surface area (Å²) in [5, 5.41) is 12.0. The summed E-state index contributed by atoms with van der Waals surface area (Å²) in [4.78, 5) is 37.3. The van der Waals surface area contributed by atoms with Crippen LogP contribution in [0, 0.1) is 0 Å². The van der Waals surface area contributed by atoms with E-state index < -0.39 is 23.7 Å². The molecule has 2 aliphatic heterocycles. The van der Waals surface area contributed by atoms with Gasteiger partial charge in [0.15, 0.2) is 5.79 Å². The van der Waals surface area contributed by atoms with Gasteiger partial charge in [-0.15, -0.1) is 0 Å². The SMILES string of the molecule is CC(CCC(=O)NCC(=O)N1CC2(C[C@H]1C(=O)O)OCCO2)Oc1ccccc1. The fraction of sp³-hybridized carbons (Fsp3) is 0.550. The number of carboxylic acids is 1. The Balaban J connectivity index is 1.43. The molecular formula is C20H26N2O7. The molecule has 0 aliphatic carbocycles. The van der Waals surface area contributed by atoms with Crippen molar-refractivity contribution in [2.45, 2.75) is 44.1 Å². The van der Waals surface area contributed by atoms with Crippen LogP contribution in [-0.2, 0) is 23.9 Å². The Morgan fingerprint density at radius 1 is 1.28 bits per heavy atom. The Morgan fingerprint density at radius 3 is 2.62 bits per heavy atom. The third-order valence-corrected chi connectivity index (χ3v) is 5.01. The highest BCUT2D eigenvalue weighted by Gasteiger charge is 2.52. The molecule has 1 aromatic rings. The minimum absolute atomic E-state index is 0.0423. The fourth-order valence-corrected chi connectivity index (χ4v) is 3.52. The highest BCUT2D eigenvalue weighted by molar-refractivity contribution is 5.88. The van der Waals surface area contributed by atoms with Gasteiger partial charge in [0.25, 0.3) is 0 Å². The molecule has 3 rings (SSSR count). The minimum atomic E-state index is -1.12. The van der Waals surface area contributed by atoms with E-state index in [9.17, 15) is 19.5 Å². The normalized spacial score (nSPS) is 21.1. The van der Waals surface area contributed by atoms with Crippen LogP contribution in [0.4, 0.5) is 0 Å². The molecule has 0 saturated carbocycles. The first kappa shape index (κ1) is 21.1. The van der Waals surface area contributed by atoms with Crippen molar-refractivity contribution < 1.29 is 33.7 Å². The summed E-state index contributed by atoms with van der Waals surface area (Å²) >= 11 is 0. The molecule has 2 saturated heterocycles. The number of nitrogens with zero attached hydrogens (tertiary/aromatic N) is 1. The first-order valence-corrected chi connectivity index (χ1v) is 9.67. The second-order valence-electron chi connectivity index (χ2n) is 7.24. The number of aliphatic carboxylic acids is 1. The molecule has 1 unspecified atom stereocenters. The van der Waals surface area contributed by atoms with E-state index in [1.54, 1.807) is 0 Å². The number of para-hydroxylation sites is 1. The predicted octanol–water partition coefficient (Wildman–Crippen LogP) is 0.779. The molecule has 2 fully saturated rings. The number of carbonyl (C=O) groups excluding carboxylic acids is 2. The van der Waals surface area contributed by atoms with Crippen LogP contribution in [0.5, 0.6) is 5.75 Å². The van der Waals surface area contributed by atoms with Crippen LogP contribution in [0.1, 0.15) is 26.2 Å². The highest BCUT2D eigenvalue weighted by atomic mass is 16.7. The van der Waals surface area contributed by atoms with Gasteiger partial charge in [-0.25, -0.2) is 4.79 Å². The lowest BCUT2D eigenvalue weighted by molar-refractivity contribution is -0.152. The second kappa shape index (κ2) is 9.23. The maximum Gasteiger partial charge on any atom is 0.326 e. The Morgan fingerprint density at radius 2 is 1.97 bits per heavy atom. The van der Waals surface area contributed by atoms with Crippen LogP contribution < -0.4 is 10.1 Å². The van der Waals surface area contributed by atoms with Crippen LogP contribution in [-0.4, -0.2) is 72.0 Å². The quantitative estimate of drug-likeness (QED) is 0.656. The molecule has 2 N–H and O–H groups in total. The molecule has 0 aromatic heterocycles. The molecule has 158 valence electrons. The highest BCUT2D eigenvalue weighted by Crippen LogP contribution is 2.34. The molecule has 9 heteroatoms. The Bertz CT molecular complexity index is 734. The maximum absolute atomic E-state index is 12.5. The van der Waals surface area contributed by atoms with Crippen molar-refractivity contribution in [1.82, 2.24) is 10.2 Å². The molecule has 9 nitrogen and oxygen atoms in total. The average Bonchev–Trinajstić information content (AvgIpc) is 3.32. The van der Waals surface area contributed by atoms with Crippen molar-refractivity contribution in [1.29, 1.82) is 0 Å². The molecule has 2 amide bonds. The Labute approximate surface area is 168 Å². The zero-order valence-corrected chi connectivity index (χ0v) is 16.3. The Hall–Kier alpha value is -2.65. The molecule has 1 spiro atoms. The number of likely N-dealkylation sites (tertiary alicyclic amines) is 1. The van der Waals surface area contributed by atoms with Crippen LogP contribution in [0.15, 0.2) is 30.3 Å². The van der Waals surface area contributed by atoms with Crippen LogP contribution >= 0.6 is 0 Å². The van der Waals surface area contributed by atoms with Crippen LogP contribution in [0.3, 0.4) is 0 Å². The number of hydrogen-bond acceptors (Lipinski definition) is 6. The standard InChI is InChI=1S/C20H26N2O7/c1-14(29-15-5-3-2-4-6-15)7-8-17(23)21-12-18(24)22-13-20(27-9-10-28-20)11-16(22)19(25)26/h2-6,14,16H,7-13H2,1H3,(H,21,23)(H,25,26)/t14?,16-/m0/s1. The zero-order valence-electron chi connectivity index (χ0n) is 16.3. The third kappa shape index (κ3) is 5.45. The first-order valence-electron chi connectivity index (χ1n) is 9.67. The summed E-state index contributed by atoms with van der Waals surface area (Å²) in [5.74, 6) is -2.21. The van der Waals surface area contributed by atoms with E-state index in [2.05, 4.69) is 5.32 Å². The van der Waals surface area contributed by atoms with Crippen molar-refractivity contribution in [2.75, 3.05) is 26.3 Å². The van der Waals surface area contributed by atoms with Crippen molar-refractivity contribution in [2.24, 2.45) is 0 Å². The monoisotopic (exact) mass is 406 g/mol. The molecule has 0 bridgehead atoms. The number of benzene rings is 1. The number of carbonyl (C=O) groups is 3. The van der Waals surface area contributed by atoms with Gasteiger partial charge in [-0.05, 0) is 25.5 Å². The molecule has 0 radical (unpaired) electrons. The lowest BCUT2D eigenvalue weighted by Crippen LogP contribution is -2.46. The lowest BCUT2D eigenvalue weighted by atomic mass is 10.1. The summed E-state index contributed by atoms with van der Waals surface area (Å²) < 4.78 is 16.8. The van der Waals surface area contributed by atoms with E-state index in [0.717, 1.165) is 5.75 Å². The molecule has 2 atom stereocenters. The number of amides is 2. The van der Waals surface area contributed by atoms with E-state index in [4.69, 9.17) is 14.2 Å². The van der Waals surface area contributed by atoms with Crippen molar-refractivity contribution >= 4 is 17.8 Å². The van der Waals surface area contributed by atoms with Gasteiger partial charge < -0.3 is 29.5 Å². The first-order chi connectivity index (χ1) is 13.9. The summed E-state index contributed by atoms with van der Waals surface area (Å²) in [6.07, 6.45) is 0.600. The molecule has 2 heterocycles. The zero-order chi connectivity index (χ0) is 20.9. The van der Waals surface area contributed by atoms with Gasteiger partial charge in [0.2, 0.25) is 11.8 Å². The summed E-state index contributed by atoms with van der Waals surface area (Å²) in [6, 6.07) is 8.29. The van der Waals surface area contributed by atoms with E-state index in [1.807, 2.05) is 37.3 Å². The van der Waals surface area contributed by atoms with E-state index in [1.165, 1.54) is 4.90 Å². The smallest absolute Gasteiger partial charge is 0.326 e. The number of nitrogens with one attached hydrogen (secondary N) is 1. The third-order valence-electron chi connectivity index (χ3n) is 5.01. The predicted molar refractivity (Wildman–Crippen MR) is 101 cm³/mol. The van der Waals surface area contributed by atoms with Gasteiger partial charge in [0.05, 0.1) is 32.4 Å². The molecule has 29 heavy (non-hydrogen) atoms. The summed E-state index contributed by atoms with van der Waals surface area (Å²) in [5.41, 5.74) is 0. The number of rotatable bonds is 8. The van der Waals surface area contributed by atoms with Gasteiger partial charge in [-0.1, -0.05) is 18.2 Å². The largest absolute Gasteiger partial charge is 0.491 e. The van der Waals surface area contributed by atoms with E-state index in [0.29, 0.717) is 19.6 Å². The van der Waals surface area contributed by atoms with E-state index >= 15 is 0 Å². The van der Waals surface area contributed by atoms with Crippen molar-refractivity contribution in [3.8, 4) is 5.75 Å². The lowest BCUT2D eigenvalue weighted by Gasteiger charge is -2.23. The molecular weight excluding hydrogens is 380 g/mol. The topological polar surface area (TPSA) is 114 Å². The second-order valence-corrected chi connectivity index (χ2v) is 7.24. The molecule has 2 aliphatic rings. The van der Waals surface area contributed by atoms with Gasteiger partial charge in [0, 0.05) is 12.8 Å². The number of ether oxygens (including phenoxy) is 3. The van der Waals surface area contributed by atoms with Crippen molar-refractivity contribution in [3.63, 3.8) is 0 Å². The van der Waals surface area contributed by atoms with Crippen LogP contribution in [0.25, 0.3) is 0 Å². The van der Waals surface area contributed by atoms with Gasteiger partial charge >= 0.3 is 5.97 Å². The summed E-state index contributed by atoms with van der Waals surface area (Å²) in [7, 11) is 0. The molecule has 1 aromatic carbocycles. The maximum atomic E-state index is 12.5. The minimum Gasteiger partial charge on any atom is -0.491 e. The van der Waals surface area contributed by atoms with E-state index in [-0.39, 0.29) is 37.9 Å². The van der Waals surface area contributed by atoms with Gasteiger partial charge in [-0.2, -0.15) is 0 Å². The Kier molecular flexibility index (Phi) is 6.71.